The van der Waals surface area contributed by atoms with E-state index in [2.05, 4.69) is 32.3 Å². The predicted octanol–water partition coefficient (Wildman–Crippen LogP) is 15.8. The maximum Gasteiger partial charge on any atom is 0.335 e. The Balaban J connectivity index is 0.000000178. The van der Waals surface area contributed by atoms with Crippen molar-refractivity contribution in [2.75, 3.05) is 43.1 Å². The topological polar surface area (TPSA) is 411 Å². The zero-order chi connectivity index (χ0) is 99.7. The molecule has 8 atom stereocenters. The summed E-state index contributed by atoms with van der Waals surface area (Å²) in [6, 6.07) is 44.9. The summed E-state index contributed by atoms with van der Waals surface area (Å²) < 4.78 is 45.8. The van der Waals surface area contributed by atoms with Gasteiger partial charge in [-0.15, -0.1) is 0 Å². The Morgan fingerprint density at radius 3 is 1.18 bits per heavy atom. The second-order valence-electron chi connectivity index (χ2n) is 36.1. The maximum atomic E-state index is 14.1. The number of anilines is 3. The molecule has 9 aliphatic rings. The number of nitrogens with two attached hydrogens (primary N) is 1. The molecule has 8 heterocycles. The lowest BCUT2D eigenvalue weighted by Gasteiger charge is -2.25. The molecule has 5 N–H and O–H groups in total. The third-order valence-corrected chi connectivity index (χ3v) is 26.2. The number of nitrogens with one attached hydrogen (secondary N) is 2. The van der Waals surface area contributed by atoms with Gasteiger partial charge in [-0.3, -0.25) is 87.4 Å². The number of Topliss-reactive ketones (excluding diaryl/α,β-unsaturated/α-hetero) is 3. The summed E-state index contributed by atoms with van der Waals surface area (Å²) >= 11 is 0. The Morgan fingerprint density at radius 1 is 0.433 bits per heavy atom. The monoisotopic (exact) mass is 1910 g/mol. The number of nitrogens with zero attached hydrogens (tertiary/aromatic N) is 8. The molecule has 0 fully saturated rings. The number of hydrogen-bond donors (Lipinski definition) is 4. The first-order valence-electron chi connectivity index (χ1n) is 46.9. The summed E-state index contributed by atoms with van der Waals surface area (Å²) in [5.41, 5.74) is 21.5. The van der Waals surface area contributed by atoms with Gasteiger partial charge in [0, 0.05) is 141 Å². The predicted molar refractivity (Wildman–Crippen MR) is 529 cm³/mol. The number of esters is 2. The summed E-state index contributed by atoms with van der Waals surface area (Å²) in [6.07, 6.45) is 17.1. The van der Waals surface area contributed by atoms with Crippen LogP contribution in [0.2, 0.25) is 0 Å². The van der Waals surface area contributed by atoms with E-state index in [1.54, 1.807) is 117 Å². The van der Waals surface area contributed by atoms with E-state index >= 15 is 0 Å². The Hall–Kier alpha value is -15.9. The number of aryl methyl sites for hydroxylation is 2. The van der Waals surface area contributed by atoms with Crippen molar-refractivity contribution in [2.24, 2.45) is 31.6 Å². The average Bonchev–Trinajstić information content (AvgIpc) is 1.62. The van der Waals surface area contributed by atoms with Gasteiger partial charge in [0.05, 0.1) is 121 Å². The first-order valence-corrected chi connectivity index (χ1v) is 46.9. The Bertz CT molecular complexity index is 6750. The van der Waals surface area contributed by atoms with Gasteiger partial charge in [-0.2, -0.15) is 0 Å². The number of para-hydroxylation sites is 3. The van der Waals surface area contributed by atoms with Crippen molar-refractivity contribution in [1.82, 2.24) is 15.5 Å². The summed E-state index contributed by atoms with van der Waals surface area (Å²) in [5.74, 6) is -2.25. The molecule has 18 rings (SSSR count). The minimum atomic E-state index is -1.09. The number of aromatic carboxylic acids is 1. The van der Waals surface area contributed by atoms with E-state index in [0.29, 0.717) is 139 Å². The molecular weight excluding hydrogens is 1800 g/mol. The van der Waals surface area contributed by atoms with Gasteiger partial charge in [0.15, 0.2) is 40.3 Å². The van der Waals surface area contributed by atoms with Gasteiger partial charge in [-0.25, -0.2) is 4.79 Å². The van der Waals surface area contributed by atoms with Crippen molar-refractivity contribution < 1.29 is 101 Å². The fraction of sp³-hybridized carbons (Fsp3) is 0.321. The van der Waals surface area contributed by atoms with Crippen LogP contribution in [0.5, 0.6) is 34.5 Å². The van der Waals surface area contributed by atoms with Gasteiger partial charge >= 0.3 is 17.9 Å². The average molecular weight is 1910 g/mol. The van der Waals surface area contributed by atoms with Crippen molar-refractivity contribution in [3.8, 4) is 34.5 Å². The number of fused-ring (bicyclic) bond motifs is 15. The number of ketones is 3. The van der Waals surface area contributed by atoms with Crippen LogP contribution >= 0.6 is 0 Å². The lowest BCUT2D eigenvalue weighted by atomic mass is 9.96. The number of aliphatic imine (C=N–C) groups is 4. The minimum Gasteiger partial charge on any atom is -0.493 e. The van der Waals surface area contributed by atoms with Crippen molar-refractivity contribution in [3.05, 3.63) is 265 Å². The molecule has 0 aromatic heterocycles. The van der Waals surface area contributed by atoms with Crippen LogP contribution in [0.25, 0.3) is 0 Å². The molecule has 1 aliphatic carbocycles. The lowest BCUT2D eigenvalue weighted by molar-refractivity contribution is -0.141. The molecule has 141 heavy (non-hydrogen) atoms. The lowest BCUT2D eigenvalue weighted by Crippen LogP contribution is -2.45. The number of carboxylic acid groups (broad SMARTS) is 1. The van der Waals surface area contributed by atoms with Gasteiger partial charge < -0.3 is 64.3 Å². The number of carbonyl (C=O) groups excluding carboxylic acids is 11. The second-order valence-corrected chi connectivity index (χ2v) is 36.1. The molecule has 32 heteroatoms. The van der Waals surface area contributed by atoms with E-state index in [1.807, 2.05) is 127 Å². The minimum absolute atomic E-state index is 0.0216. The summed E-state index contributed by atoms with van der Waals surface area (Å²) in [4.78, 5) is 179. The van der Waals surface area contributed by atoms with Gasteiger partial charge in [0.2, 0.25) is 11.8 Å². The van der Waals surface area contributed by atoms with Gasteiger partial charge in [-0.05, 0) is 195 Å². The number of allylic oxidation sites excluding steroid dienone is 3. The third kappa shape index (κ3) is 21.7. The van der Waals surface area contributed by atoms with Crippen LogP contribution in [0.3, 0.4) is 0 Å². The number of benzene rings is 9. The standard InChI is InChI=1S/C55H53N5O10.C43H36N4O7.C11H20N2O4/c1-31-17-41-43(56-27-39-22-36-11-6-8-13-45(36)59(39)54(41)65)25-49(31)69-29-34-19-35(21-38(20-34)48(62)18-32(2)53(64)58-33(3)47(61)15-10-16-52(63)68-5)30-70-51-26-44-42(24-50(51)67-4)55(66)60-40(28-57-44)23-37-12-7-9-14-46(37)60;1-24-11-32-34(44-20-30-15-27-7-3-5-9-36(27)46(30)41(32)48)18-38(24)53-22-25-12-26(14-29(13-25)43(50)51)23-54-40-19-35-33(17-39(40)52-2)42(49)47-31(21-45-35)16-28-8-4-6-10-37(28)47;1-7(12)11(16)13-8(2)9(14)5-4-6-10(15)17-3/h6-9,11-14,17,19-21,24-28,32-33,39-40H,10,15-16,18,22-23,29-30H2,1-5H3,(H,58,64);3-5,7-9,11-14,17-21,30-31H,6,10,15-16,22-23H2,1-2H3,(H,50,51);7-8H,4-6,12H2,1-3H3,(H,13,16)/t32-,33+,39+,40+;30-,31-;7-,8-/m100/s1. The molecule has 0 unspecified atom stereocenters. The molecule has 0 saturated carbocycles. The van der Waals surface area contributed by atoms with Crippen molar-refractivity contribution in [1.29, 1.82) is 0 Å². The number of rotatable bonds is 32. The maximum absolute atomic E-state index is 14.1. The molecule has 0 saturated heterocycles. The van der Waals surface area contributed by atoms with E-state index in [0.717, 1.165) is 69.8 Å². The SMILES string of the molecule is COC(=O)CCCC(=O)[C@H](C)NC(=O)[C@H](C)CC(=O)c1cc(COc2cc3c(cc2C)C(=O)N2c4ccccc4C[C@H]2C=N3)cc(COc2cc3c(cc2OC)C(=O)N2c4ccccc4C[C@H]2C=N3)c1.COC(=O)CCCC(=O)[C@H](C)NC(=O)[C@H](C)N.COc1cc2c(cc1OCc1cc(COc3cc4c(cc3C)C(=O)N3c5ccccc5C[C@H]3C=N4)cc(C(=O)O)c1)N=C[C@@H]1CC3=C(CCC=C3)N1C2=O. The van der Waals surface area contributed by atoms with Crippen molar-refractivity contribution in [2.45, 2.75) is 194 Å². The number of hydrogen-bond acceptors (Lipinski definition) is 25. The molecule has 0 radical (unpaired) electrons. The van der Waals surface area contributed by atoms with Crippen LogP contribution in [0, 0.1) is 19.8 Å². The van der Waals surface area contributed by atoms with Crippen LogP contribution in [-0.4, -0.2) is 176 Å². The summed E-state index contributed by atoms with van der Waals surface area (Å²) in [6.45, 7) is 10.2. The van der Waals surface area contributed by atoms with Gasteiger partial charge in [0.25, 0.3) is 23.6 Å². The summed E-state index contributed by atoms with van der Waals surface area (Å²) in [7, 11) is 5.59. The van der Waals surface area contributed by atoms with Crippen LogP contribution in [0.15, 0.2) is 201 Å². The molecule has 9 aromatic carbocycles. The van der Waals surface area contributed by atoms with Crippen LogP contribution in [0.4, 0.5) is 39.8 Å². The highest BCUT2D eigenvalue weighted by Crippen LogP contribution is 2.47. The zero-order valence-electron chi connectivity index (χ0n) is 79.9. The molecule has 0 bridgehead atoms. The highest BCUT2D eigenvalue weighted by atomic mass is 16.5. The number of amides is 6. The highest BCUT2D eigenvalue weighted by Gasteiger charge is 2.43. The van der Waals surface area contributed by atoms with Crippen molar-refractivity contribution in [3.63, 3.8) is 0 Å². The van der Waals surface area contributed by atoms with E-state index in [-0.39, 0.29) is 141 Å². The van der Waals surface area contributed by atoms with Crippen molar-refractivity contribution >= 4 is 135 Å². The first-order chi connectivity index (χ1) is 67.9. The van der Waals surface area contributed by atoms with Crippen LogP contribution in [-0.2, 0) is 83.9 Å². The van der Waals surface area contributed by atoms with E-state index in [4.69, 9.17) is 54.1 Å². The molecule has 6 amide bonds. The largest absolute Gasteiger partial charge is 0.493 e. The quantitative estimate of drug-likeness (QED) is 0.0225. The Morgan fingerprint density at radius 2 is 0.794 bits per heavy atom. The first kappa shape index (κ1) is 98.2. The normalized spacial score (nSPS) is 17.3. The Labute approximate surface area is 814 Å². The molecule has 726 valence electrons. The second kappa shape index (κ2) is 43.0. The molecule has 32 nitrogen and oxygen atoms in total. The fourth-order valence-electron chi connectivity index (χ4n) is 18.6. The highest BCUT2D eigenvalue weighted by molar-refractivity contribution is 6.17. The number of ether oxygens (including phenoxy) is 8. The third-order valence-electron chi connectivity index (χ3n) is 26.2. The zero-order valence-corrected chi connectivity index (χ0v) is 79.9. The molecular formula is C109H109N11O21. The van der Waals surface area contributed by atoms with E-state index < -0.39 is 41.9 Å². The Kier molecular flexibility index (Phi) is 30.0. The number of methoxy groups -OCH3 is 4. The molecule has 8 aliphatic heterocycles. The fourth-order valence-corrected chi connectivity index (χ4v) is 18.6. The molecule has 9 aromatic rings. The van der Waals surface area contributed by atoms with Gasteiger partial charge in [0.1, 0.15) is 37.9 Å². The number of carbonyl (C=O) groups is 12. The number of carboxylic acids is 1. The van der Waals surface area contributed by atoms with Crippen LogP contribution in [0.1, 0.15) is 204 Å². The summed E-state index contributed by atoms with van der Waals surface area (Å²) in [5, 5.41) is 15.2. The molecule has 0 spiro atoms. The van der Waals surface area contributed by atoms with Gasteiger partial charge in [-0.1, -0.05) is 73.7 Å². The van der Waals surface area contributed by atoms with E-state index in [9.17, 15) is 62.6 Å². The van der Waals surface area contributed by atoms with Crippen LogP contribution < -0.4 is 59.5 Å². The smallest absolute Gasteiger partial charge is 0.335 e. The van der Waals surface area contributed by atoms with E-state index in [1.165, 1.54) is 34.0 Å².